The first-order valence-corrected chi connectivity index (χ1v) is 7.25. The Labute approximate surface area is 129 Å². The fourth-order valence-electron chi connectivity index (χ4n) is 1.90. The Bertz CT molecular complexity index is 800. The van der Waals surface area contributed by atoms with Crippen molar-refractivity contribution < 1.29 is 9.34 Å². The smallest absolute Gasteiger partial charge is 0.273 e. The Kier molecular flexibility index (Phi) is 3.79. The van der Waals surface area contributed by atoms with Crippen molar-refractivity contribution in [1.29, 1.82) is 0 Å². The number of benzene rings is 1. The summed E-state index contributed by atoms with van der Waals surface area (Å²) in [6, 6.07) is 10.0. The molecule has 0 saturated heterocycles. The summed E-state index contributed by atoms with van der Waals surface area (Å²) in [5.74, 6) is 7.20. The molecular weight excluding hydrogens is 306 g/mol. The number of furan rings is 1. The molecule has 2 heterocycles. The fourth-order valence-corrected chi connectivity index (χ4v) is 2.76. The molecule has 0 aliphatic rings. The van der Waals surface area contributed by atoms with E-state index in [0.717, 1.165) is 0 Å². The van der Waals surface area contributed by atoms with Gasteiger partial charge in [0.25, 0.3) is 5.69 Å². The number of aromatic nitrogens is 3. The first kappa shape index (κ1) is 14.1. The van der Waals surface area contributed by atoms with E-state index in [0.29, 0.717) is 28.1 Å². The number of nitrogens with zero attached hydrogens (tertiary/aromatic N) is 4. The summed E-state index contributed by atoms with van der Waals surface area (Å²) in [6.45, 7) is 0. The van der Waals surface area contributed by atoms with E-state index in [1.54, 1.807) is 30.3 Å². The van der Waals surface area contributed by atoms with Gasteiger partial charge in [0, 0.05) is 17.4 Å². The lowest BCUT2D eigenvalue weighted by molar-refractivity contribution is -0.385. The van der Waals surface area contributed by atoms with Gasteiger partial charge >= 0.3 is 0 Å². The third-order valence-corrected chi connectivity index (χ3v) is 3.94. The Balaban J connectivity index is 1.80. The monoisotopic (exact) mass is 317 g/mol. The lowest BCUT2D eigenvalue weighted by Crippen LogP contribution is -2.11. The number of hydrogen-bond acceptors (Lipinski definition) is 7. The lowest BCUT2D eigenvalue weighted by Gasteiger charge is -2.03. The maximum Gasteiger partial charge on any atom is 0.273 e. The van der Waals surface area contributed by atoms with Crippen molar-refractivity contribution in [2.45, 2.75) is 10.9 Å². The second-order valence-electron chi connectivity index (χ2n) is 4.33. The lowest BCUT2D eigenvalue weighted by atomic mass is 10.2. The molecule has 0 atom stereocenters. The van der Waals surface area contributed by atoms with Crippen LogP contribution in [0.15, 0.2) is 52.2 Å². The van der Waals surface area contributed by atoms with Gasteiger partial charge in [-0.3, -0.25) is 10.1 Å². The highest BCUT2D eigenvalue weighted by Gasteiger charge is 2.17. The van der Waals surface area contributed by atoms with Gasteiger partial charge < -0.3 is 10.3 Å². The van der Waals surface area contributed by atoms with Crippen LogP contribution < -0.4 is 5.84 Å². The highest BCUT2D eigenvalue weighted by Crippen LogP contribution is 2.28. The van der Waals surface area contributed by atoms with Crippen LogP contribution in [0.25, 0.3) is 11.6 Å². The molecule has 22 heavy (non-hydrogen) atoms. The Hall–Kier alpha value is -2.81. The summed E-state index contributed by atoms with van der Waals surface area (Å²) in [5.41, 5.74) is 0.671. The maximum atomic E-state index is 11.0. The molecule has 9 heteroatoms. The molecule has 2 aromatic heterocycles. The summed E-state index contributed by atoms with van der Waals surface area (Å²) in [4.78, 5) is 10.6. The van der Waals surface area contributed by atoms with Gasteiger partial charge in [0.15, 0.2) is 5.76 Å². The summed E-state index contributed by atoms with van der Waals surface area (Å²) in [6.07, 6.45) is 1.52. The summed E-state index contributed by atoms with van der Waals surface area (Å²) in [7, 11) is 0. The summed E-state index contributed by atoms with van der Waals surface area (Å²) < 4.78 is 6.53. The van der Waals surface area contributed by atoms with Gasteiger partial charge in [-0.1, -0.05) is 30.0 Å². The molecule has 0 fully saturated rings. The van der Waals surface area contributed by atoms with Gasteiger partial charge in [-0.2, -0.15) is 0 Å². The number of hydrogen-bond donors (Lipinski definition) is 1. The Morgan fingerprint density at radius 3 is 2.82 bits per heavy atom. The number of rotatable bonds is 5. The molecule has 1 aromatic carbocycles. The number of nitro groups is 1. The molecular formula is C13H11N5O3S. The first-order chi connectivity index (χ1) is 10.7. The average molecular weight is 317 g/mol. The second kappa shape index (κ2) is 5.90. The molecule has 0 amide bonds. The molecule has 0 unspecified atom stereocenters. The molecule has 2 N–H and O–H groups in total. The SMILES string of the molecule is Nn1c(SCc2ccccc2[N+](=O)[O-])nnc1-c1ccco1. The van der Waals surface area contributed by atoms with Crippen LogP contribution in [0, 0.1) is 10.1 Å². The van der Waals surface area contributed by atoms with Crippen molar-refractivity contribution in [1.82, 2.24) is 14.9 Å². The van der Waals surface area contributed by atoms with Gasteiger partial charge in [-0.05, 0) is 12.1 Å². The van der Waals surface area contributed by atoms with Gasteiger partial charge in [0.2, 0.25) is 11.0 Å². The van der Waals surface area contributed by atoms with Crippen molar-refractivity contribution in [2.75, 3.05) is 5.84 Å². The van der Waals surface area contributed by atoms with Gasteiger partial charge in [-0.25, -0.2) is 4.68 Å². The number of nitro benzene ring substituents is 1. The van der Waals surface area contributed by atoms with E-state index < -0.39 is 4.92 Å². The van der Waals surface area contributed by atoms with Gasteiger partial charge in [0.1, 0.15) is 0 Å². The fraction of sp³-hybridized carbons (Fsp3) is 0.0769. The zero-order valence-corrected chi connectivity index (χ0v) is 12.1. The standard InChI is InChI=1S/C13H11N5O3S/c14-17-12(11-6-3-7-21-11)15-16-13(17)22-8-9-4-1-2-5-10(9)18(19)20/h1-7H,8,14H2. The zero-order valence-electron chi connectivity index (χ0n) is 11.2. The van der Waals surface area contributed by atoms with Gasteiger partial charge in [-0.15, -0.1) is 10.2 Å². The van der Waals surface area contributed by atoms with Crippen LogP contribution in [-0.4, -0.2) is 19.8 Å². The first-order valence-electron chi connectivity index (χ1n) is 6.26. The molecule has 0 radical (unpaired) electrons. The topological polar surface area (TPSA) is 113 Å². The summed E-state index contributed by atoms with van der Waals surface area (Å²) in [5, 5.41) is 19.4. The Morgan fingerprint density at radius 1 is 1.27 bits per heavy atom. The molecule has 8 nitrogen and oxygen atoms in total. The molecule has 0 bridgehead atoms. The average Bonchev–Trinajstić information content (AvgIpc) is 3.15. The molecule has 0 aliphatic heterocycles. The molecule has 112 valence electrons. The van der Waals surface area contributed by atoms with Crippen LogP contribution in [0.1, 0.15) is 5.56 Å². The predicted molar refractivity (Wildman–Crippen MR) is 80.5 cm³/mol. The molecule has 3 rings (SSSR count). The molecule has 0 saturated carbocycles. The second-order valence-corrected chi connectivity index (χ2v) is 5.27. The van der Waals surface area contributed by atoms with Crippen molar-refractivity contribution in [3.05, 3.63) is 58.3 Å². The van der Waals surface area contributed by atoms with Crippen LogP contribution in [0.2, 0.25) is 0 Å². The maximum absolute atomic E-state index is 11.0. The Morgan fingerprint density at radius 2 is 2.09 bits per heavy atom. The number of nitrogens with two attached hydrogens (primary N) is 1. The highest BCUT2D eigenvalue weighted by atomic mass is 32.2. The van der Waals surface area contributed by atoms with Crippen LogP contribution >= 0.6 is 11.8 Å². The molecule has 0 spiro atoms. The van der Waals surface area contributed by atoms with E-state index in [1.165, 1.54) is 28.8 Å². The third-order valence-electron chi connectivity index (χ3n) is 2.95. The zero-order chi connectivity index (χ0) is 15.5. The minimum atomic E-state index is -0.405. The van der Waals surface area contributed by atoms with E-state index in [2.05, 4.69) is 10.2 Å². The third kappa shape index (κ3) is 2.66. The van der Waals surface area contributed by atoms with Crippen LogP contribution in [0.4, 0.5) is 5.69 Å². The van der Waals surface area contributed by atoms with E-state index >= 15 is 0 Å². The predicted octanol–water partition coefficient (Wildman–Crippen LogP) is 2.45. The van der Waals surface area contributed by atoms with E-state index in [1.807, 2.05) is 0 Å². The van der Waals surface area contributed by atoms with Crippen molar-refractivity contribution >= 4 is 17.4 Å². The quantitative estimate of drug-likeness (QED) is 0.333. The number of nitrogen functional groups attached to an aromatic ring is 1. The van der Waals surface area contributed by atoms with Crippen LogP contribution in [-0.2, 0) is 5.75 Å². The molecule has 0 aliphatic carbocycles. The largest absolute Gasteiger partial charge is 0.461 e. The highest BCUT2D eigenvalue weighted by molar-refractivity contribution is 7.98. The van der Waals surface area contributed by atoms with Crippen LogP contribution in [0.5, 0.6) is 0 Å². The van der Waals surface area contributed by atoms with E-state index in [-0.39, 0.29) is 5.69 Å². The van der Waals surface area contributed by atoms with Crippen molar-refractivity contribution in [3.8, 4) is 11.6 Å². The number of para-hydroxylation sites is 1. The van der Waals surface area contributed by atoms with Crippen LogP contribution in [0.3, 0.4) is 0 Å². The van der Waals surface area contributed by atoms with E-state index in [4.69, 9.17) is 10.3 Å². The summed E-state index contributed by atoms with van der Waals surface area (Å²) >= 11 is 1.27. The minimum Gasteiger partial charge on any atom is -0.461 e. The van der Waals surface area contributed by atoms with E-state index in [9.17, 15) is 10.1 Å². The minimum absolute atomic E-state index is 0.0735. The molecule has 3 aromatic rings. The van der Waals surface area contributed by atoms with Gasteiger partial charge in [0.05, 0.1) is 11.2 Å². The van der Waals surface area contributed by atoms with Crippen molar-refractivity contribution in [2.24, 2.45) is 0 Å². The number of thioether (sulfide) groups is 1. The normalized spacial score (nSPS) is 10.7. The van der Waals surface area contributed by atoms with Crippen molar-refractivity contribution in [3.63, 3.8) is 0 Å².